The van der Waals surface area contributed by atoms with Gasteiger partial charge in [0, 0.05) is 30.9 Å². The first kappa shape index (κ1) is 15.6. The van der Waals surface area contributed by atoms with Gasteiger partial charge < -0.3 is 5.73 Å². The number of nitrogens with two attached hydrogens (primary N) is 1. The second-order valence-corrected chi connectivity index (χ2v) is 7.69. The molecule has 0 radical (unpaired) electrons. The third kappa shape index (κ3) is 2.79. The highest BCUT2D eigenvalue weighted by molar-refractivity contribution is 7.89. The van der Waals surface area contributed by atoms with Gasteiger partial charge in [0.2, 0.25) is 10.0 Å². The van der Waals surface area contributed by atoms with Crippen molar-refractivity contribution in [3.8, 4) is 0 Å². The van der Waals surface area contributed by atoms with Crippen LogP contribution >= 0.6 is 11.6 Å². The van der Waals surface area contributed by atoms with Gasteiger partial charge >= 0.3 is 0 Å². The number of hydrogen-bond acceptors (Lipinski definition) is 4. The first-order chi connectivity index (χ1) is 9.23. The standard InChI is InChI=1S/C13H20ClN3O2S/c1-9-7-17(8-10(2)16(9)3)20(18,19)13-6-11(15)4-5-12(13)14/h4-6,9-10H,7-8,15H2,1-3H3. The summed E-state index contributed by atoms with van der Waals surface area (Å²) < 4.78 is 26.9. The van der Waals surface area contributed by atoms with Crippen molar-refractivity contribution in [1.82, 2.24) is 9.21 Å². The van der Waals surface area contributed by atoms with E-state index in [2.05, 4.69) is 4.90 Å². The molecule has 2 unspecified atom stereocenters. The van der Waals surface area contributed by atoms with Crippen LogP contribution in [0.3, 0.4) is 0 Å². The number of benzene rings is 1. The molecule has 1 aliphatic rings. The third-order valence-corrected chi connectivity index (χ3v) is 6.21. The maximum Gasteiger partial charge on any atom is 0.244 e. The lowest BCUT2D eigenvalue weighted by Crippen LogP contribution is -2.56. The van der Waals surface area contributed by atoms with Crippen LogP contribution in [0.15, 0.2) is 23.1 Å². The molecule has 0 saturated carbocycles. The maximum absolute atomic E-state index is 12.7. The molecule has 0 spiro atoms. The topological polar surface area (TPSA) is 66.6 Å². The van der Waals surface area contributed by atoms with Gasteiger partial charge in [0.1, 0.15) is 4.90 Å². The Balaban J connectivity index is 2.38. The molecule has 1 aliphatic heterocycles. The van der Waals surface area contributed by atoms with Crippen LogP contribution in [-0.4, -0.2) is 49.8 Å². The van der Waals surface area contributed by atoms with Crippen molar-refractivity contribution in [2.45, 2.75) is 30.8 Å². The molecule has 5 nitrogen and oxygen atoms in total. The number of rotatable bonds is 2. The Morgan fingerprint density at radius 3 is 2.35 bits per heavy atom. The largest absolute Gasteiger partial charge is 0.399 e. The summed E-state index contributed by atoms with van der Waals surface area (Å²) in [7, 11) is -1.60. The minimum atomic E-state index is -3.61. The number of piperazine rings is 1. The van der Waals surface area contributed by atoms with Gasteiger partial charge in [0.15, 0.2) is 0 Å². The second-order valence-electron chi connectivity index (χ2n) is 5.38. The van der Waals surface area contributed by atoms with E-state index in [0.29, 0.717) is 18.8 Å². The van der Waals surface area contributed by atoms with Crippen LogP contribution < -0.4 is 5.73 Å². The summed E-state index contributed by atoms with van der Waals surface area (Å²) in [4.78, 5) is 2.26. The molecular weight excluding hydrogens is 298 g/mol. The molecule has 2 atom stereocenters. The van der Waals surface area contributed by atoms with E-state index in [0.717, 1.165) is 0 Å². The van der Waals surface area contributed by atoms with Crippen LogP contribution in [0.4, 0.5) is 5.69 Å². The van der Waals surface area contributed by atoms with E-state index < -0.39 is 10.0 Å². The average molecular weight is 318 g/mol. The number of halogens is 1. The lowest BCUT2D eigenvalue weighted by atomic mass is 10.1. The minimum Gasteiger partial charge on any atom is -0.399 e. The summed E-state index contributed by atoms with van der Waals surface area (Å²) in [6, 6.07) is 4.86. The number of hydrogen-bond donors (Lipinski definition) is 1. The zero-order chi connectivity index (χ0) is 15.1. The number of nitrogen functional groups attached to an aromatic ring is 1. The Kier molecular flexibility index (Phi) is 4.30. The second kappa shape index (κ2) is 5.52. The molecule has 0 aliphatic carbocycles. The first-order valence-electron chi connectivity index (χ1n) is 6.50. The fraction of sp³-hybridized carbons (Fsp3) is 0.538. The molecule has 1 aromatic carbocycles. The lowest BCUT2D eigenvalue weighted by Gasteiger charge is -2.41. The van der Waals surface area contributed by atoms with Crippen LogP contribution in [0.5, 0.6) is 0 Å². The highest BCUT2D eigenvalue weighted by atomic mass is 35.5. The molecule has 1 saturated heterocycles. The van der Waals surface area contributed by atoms with Crippen molar-refractivity contribution in [2.24, 2.45) is 0 Å². The van der Waals surface area contributed by atoms with Gasteiger partial charge in [-0.1, -0.05) is 11.6 Å². The third-order valence-electron chi connectivity index (χ3n) is 3.90. The quantitative estimate of drug-likeness (QED) is 0.842. The van der Waals surface area contributed by atoms with Crippen molar-refractivity contribution < 1.29 is 8.42 Å². The Morgan fingerprint density at radius 1 is 1.25 bits per heavy atom. The van der Waals surface area contributed by atoms with Crippen molar-refractivity contribution in [2.75, 3.05) is 25.9 Å². The van der Waals surface area contributed by atoms with Gasteiger partial charge in [-0.15, -0.1) is 0 Å². The van der Waals surface area contributed by atoms with Crippen molar-refractivity contribution in [3.05, 3.63) is 23.2 Å². The van der Waals surface area contributed by atoms with Crippen molar-refractivity contribution in [3.63, 3.8) is 0 Å². The summed E-state index contributed by atoms with van der Waals surface area (Å²) in [6.07, 6.45) is 0. The Labute approximate surface area is 125 Å². The fourth-order valence-corrected chi connectivity index (χ4v) is 4.52. The van der Waals surface area contributed by atoms with E-state index in [1.165, 1.54) is 16.4 Å². The molecular formula is C13H20ClN3O2S. The van der Waals surface area contributed by atoms with Gasteiger partial charge in [0.25, 0.3) is 0 Å². The van der Waals surface area contributed by atoms with E-state index >= 15 is 0 Å². The average Bonchev–Trinajstić information content (AvgIpc) is 2.38. The minimum absolute atomic E-state index is 0.0862. The molecule has 1 aromatic rings. The van der Waals surface area contributed by atoms with Crippen LogP contribution in [-0.2, 0) is 10.0 Å². The van der Waals surface area contributed by atoms with Gasteiger partial charge in [-0.05, 0) is 39.1 Å². The SMILES string of the molecule is CC1CN(S(=O)(=O)c2cc(N)ccc2Cl)CC(C)N1C. The smallest absolute Gasteiger partial charge is 0.244 e. The van der Waals surface area contributed by atoms with E-state index in [9.17, 15) is 8.42 Å². The summed E-state index contributed by atoms with van der Waals surface area (Å²) in [6.45, 7) is 4.93. The Morgan fingerprint density at radius 2 is 1.80 bits per heavy atom. The maximum atomic E-state index is 12.7. The molecule has 2 N–H and O–H groups in total. The number of likely N-dealkylation sites (N-methyl/N-ethyl adjacent to an activating group) is 1. The van der Waals surface area contributed by atoms with Crippen LogP contribution in [0, 0.1) is 0 Å². The zero-order valence-electron chi connectivity index (χ0n) is 11.9. The van der Waals surface area contributed by atoms with Crippen molar-refractivity contribution in [1.29, 1.82) is 0 Å². The number of sulfonamides is 1. The van der Waals surface area contributed by atoms with Crippen LogP contribution in [0.25, 0.3) is 0 Å². The summed E-state index contributed by atoms with van der Waals surface area (Å²) >= 11 is 6.03. The monoisotopic (exact) mass is 317 g/mol. The number of anilines is 1. The highest BCUT2D eigenvalue weighted by Crippen LogP contribution is 2.28. The molecule has 7 heteroatoms. The summed E-state index contributed by atoms with van der Waals surface area (Å²) in [5.74, 6) is 0. The predicted molar refractivity (Wildman–Crippen MR) is 81.3 cm³/mol. The molecule has 1 heterocycles. The first-order valence-corrected chi connectivity index (χ1v) is 8.32. The van der Waals surface area contributed by atoms with Crippen molar-refractivity contribution >= 4 is 27.3 Å². The predicted octanol–water partition coefficient (Wildman–Crippen LogP) is 1.64. The van der Waals surface area contributed by atoms with Gasteiger partial charge in [-0.25, -0.2) is 8.42 Å². The summed E-state index contributed by atoms with van der Waals surface area (Å²) in [5.41, 5.74) is 6.07. The lowest BCUT2D eigenvalue weighted by molar-refractivity contribution is 0.105. The molecule has 0 amide bonds. The molecule has 0 bridgehead atoms. The normalized spacial score (nSPS) is 25.8. The molecule has 20 heavy (non-hydrogen) atoms. The molecule has 112 valence electrons. The number of nitrogens with zero attached hydrogens (tertiary/aromatic N) is 2. The molecule has 1 fully saturated rings. The van der Waals surface area contributed by atoms with Gasteiger partial charge in [-0.3, -0.25) is 4.90 Å². The van der Waals surface area contributed by atoms with Gasteiger partial charge in [0.05, 0.1) is 5.02 Å². The molecule has 2 rings (SSSR count). The Bertz CT molecular complexity index is 594. The molecule has 0 aromatic heterocycles. The zero-order valence-corrected chi connectivity index (χ0v) is 13.4. The van der Waals surface area contributed by atoms with E-state index in [4.69, 9.17) is 17.3 Å². The highest BCUT2D eigenvalue weighted by Gasteiger charge is 2.35. The van der Waals surface area contributed by atoms with E-state index in [1.54, 1.807) is 6.07 Å². The Hall–Kier alpha value is -0.820. The van der Waals surface area contributed by atoms with E-state index in [1.807, 2.05) is 20.9 Å². The van der Waals surface area contributed by atoms with Crippen LogP contribution in [0.2, 0.25) is 5.02 Å². The van der Waals surface area contributed by atoms with E-state index in [-0.39, 0.29) is 22.0 Å². The van der Waals surface area contributed by atoms with Crippen LogP contribution in [0.1, 0.15) is 13.8 Å². The fourth-order valence-electron chi connectivity index (χ4n) is 2.41. The summed E-state index contributed by atoms with van der Waals surface area (Å²) in [5, 5.41) is 0.207. The van der Waals surface area contributed by atoms with Gasteiger partial charge in [-0.2, -0.15) is 4.31 Å².